The van der Waals surface area contributed by atoms with Gasteiger partial charge >= 0.3 is 5.97 Å². The summed E-state index contributed by atoms with van der Waals surface area (Å²) in [5.41, 5.74) is 0. The SMILES string of the molecule is CCCCCCCCCCCCCCOC(=O)CN(C)C(=O)CCC1CCCC1. The van der Waals surface area contributed by atoms with Crippen LogP contribution in [0.2, 0.25) is 0 Å². The number of hydrogen-bond acceptors (Lipinski definition) is 3. The van der Waals surface area contributed by atoms with Gasteiger partial charge in [0.25, 0.3) is 0 Å². The van der Waals surface area contributed by atoms with Crippen LogP contribution in [0.4, 0.5) is 0 Å². The minimum Gasteiger partial charge on any atom is -0.464 e. The first kappa shape index (κ1) is 26.0. The third-order valence-corrected chi connectivity index (χ3v) is 6.29. The number of unbranched alkanes of at least 4 members (excludes halogenated alkanes) is 11. The standard InChI is InChI=1S/C25H47NO3/c1-3-4-5-6-7-8-9-10-11-12-13-16-21-29-25(28)22-26(2)24(27)20-19-23-17-14-15-18-23/h23H,3-22H2,1-2H3. The normalized spacial score (nSPS) is 14.3. The smallest absolute Gasteiger partial charge is 0.325 e. The molecule has 1 aliphatic carbocycles. The van der Waals surface area contributed by atoms with Crippen molar-refractivity contribution in [2.45, 2.75) is 122 Å². The molecule has 1 amide bonds. The molecule has 0 bridgehead atoms. The number of carbonyl (C=O) groups excluding carboxylic acids is 2. The number of hydrogen-bond donors (Lipinski definition) is 0. The van der Waals surface area contributed by atoms with Crippen LogP contribution in [-0.4, -0.2) is 37.0 Å². The number of esters is 1. The number of amides is 1. The van der Waals surface area contributed by atoms with E-state index in [4.69, 9.17) is 4.74 Å². The van der Waals surface area contributed by atoms with Crippen LogP contribution in [0.5, 0.6) is 0 Å². The summed E-state index contributed by atoms with van der Waals surface area (Å²) in [5, 5.41) is 0. The summed E-state index contributed by atoms with van der Waals surface area (Å²) >= 11 is 0. The lowest BCUT2D eigenvalue weighted by molar-refractivity contribution is -0.148. The zero-order valence-electron chi connectivity index (χ0n) is 19.4. The molecule has 0 aromatic heterocycles. The molecule has 0 unspecified atom stereocenters. The van der Waals surface area contributed by atoms with Crippen molar-refractivity contribution in [3.8, 4) is 0 Å². The summed E-state index contributed by atoms with van der Waals surface area (Å²) in [6.07, 6.45) is 22.2. The molecule has 0 N–H and O–H groups in total. The van der Waals surface area contributed by atoms with E-state index in [1.54, 1.807) is 7.05 Å². The van der Waals surface area contributed by atoms with Gasteiger partial charge in [0.15, 0.2) is 0 Å². The Labute approximate surface area is 180 Å². The van der Waals surface area contributed by atoms with Gasteiger partial charge in [0.1, 0.15) is 6.54 Å². The molecule has 0 heterocycles. The van der Waals surface area contributed by atoms with E-state index >= 15 is 0 Å². The second-order valence-electron chi connectivity index (χ2n) is 9.05. The van der Waals surface area contributed by atoms with Crippen molar-refractivity contribution >= 4 is 11.9 Å². The van der Waals surface area contributed by atoms with Crippen LogP contribution < -0.4 is 0 Å². The summed E-state index contributed by atoms with van der Waals surface area (Å²) in [7, 11) is 1.71. The molecule has 0 spiro atoms. The van der Waals surface area contributed by atoms with Gasteiger partial charge < -0.3 is 9.64 Å². The van der Waals surface area contributed by atoms with Gasteiger partial charge in [-0.15, -0.1) is 0 Å². The Morgan fingerprint density at radius 3 is 1.90 bits per heavy atom. The van der Waals surface area contributed by atoms with Crippen molar-refractivity contribution in [1.29, 1.82) is 0 Å². The Hall–Kier alpha value is -1.06. The van der Waals surface area contributed by atoms with Crippen molar-refractivity contribution in [3.63, 3.8) is 0 Å². The molecular formula is C25H47NO3. The lowest BCUT2D eigenvalue weighted by atomic mass is 10.0. The van der Waals surface area contributed by atoms with Gasteiger partial charge in [-0.3, -0.25) is 9.59 Å². The van der Waals surface area contributed by atoms with Crippen molar-refractivity contribution < 1.29 is 14.3 Å². The van der Waals surface area contributed by atoms with Crippen molar-refractivity contribution in [2.24, 2.45) is 5.92 Å². The zero-order valence-corrected chi connectivity index (χ0v) is 19.4. The van der Waals surface area contributed by atoms with Gasteiger partial charge in [0.05, 0.1) is 6.61 Å². The van der Waals surface area contributed by atoms with Crippen LogP contribution >= 0.6 is 0 Å². The molecule has 4 heteroatoms. The average Bonchev–Trinajstić information content (AvgIpc) is 3.23. The molecule has 0 aromatic rings. The summed E-state index contributed by atoms with van der Waals surface area (Å²) in [5.74, 6) is 0.508. The van der Waals surface area contributed by atoms with Crippen LogP contribution in [0.1, 0.15) is 122 Å². The largest absolute Gasteiger partial charge is 0.464 e. The van der Waals surface area contributed by atoms with Gasteiger partial charge in [-0.1, -0.05) is 103 Å². The molecule has 0 saturated heterocycles. The molecule has 0 aliphatic heterocycles. The zero-order chi connectivity index (χ0) is 21.2. The molecule has 0 radical (unpaired) electrons. The average molecular weight is 410 g/mol. The van der Waals surface area contributed by atoms with E-state index in [2.05, 4.69) is 6.92 Å². The number of ether oxygens (including phenoxy) is 1. The molecule has 4 nitrogen and oxygen atoms in total. The number of likely N-dealkylation sites (N-methyl/N-ethyl adjacent to an activating group) is 1. The van der Waals surface area contributed by atoms with E-state index < -0.39 is 0 Å². The van der Waals surface area contributed by atoms with Crippen molar-refractivity contribution in [2.75, 3.05) is 20.2 Å². The summed E-state index contributed by atoms with van der Waals surface area (Å²) in [6.45, 7) is 2.83. The number of carbonyl (C=O) groups is 2. The summed E-state index contributed by atoms with van der Waals surface area (Å²) in [6, 6.07) is 0. The molecule has 1 saturated carbocycles. The van der Waals surface area contributed by atoms with Crippen molar-refractivity contribution in [1.82, 2.24) is 4.90 Å². The number of nitrogens with zero attached hydrogens (tertiary/aromatic N) is 1. The maximum atomic E-state index is 12.1. The fraction of sp³-hybridized carbons (Fsp3) is 0.920. The Kier molecular flexibility index (Phi) is 15.9. The van der Waals surface area contributed by atoms with Crippen LogP contribution in [0.25, 0.3) is 0 Å². The minimum atomic E-state index is -0.273. The summed E-state index contributed by atoms with van der Waals surface area (Å²) in [4.78, 5) is 25.6. The van der Waals surface area contributed by atoms with Crippen LogP contribution in [0, 0.1) is 5.92 Å². The maximum absolute atomic E-state index is 12.1. The first-order valence-corrected chi connectivity index (χ1v) is 12.5. The third-order valence-electron chi connectivity index (χ3n) is 6.29. The molecule has 1 aliphatic rings. The highest BCUT2D eigenvalue weighted by molar-refractivity contribution is 5.81. The predicted molar refractivity (Wildman–Crippen MR) is 121 cm³/mol. The van der Waals surface area contributed by atoms with Gasteiger partial charge in [-0.2, -0.15) is 0 Å². The quantitative estimate of drug-likeness (QED) is 0.188. The van der Waals surface area contributed by atoms with E-state index in [1.165, 1.54) is 94.8 Å². The second-order valence-corrected chi connectivity index (χ2v) is 9.05. The van der Waals surface area contributed by atoms with Crippen LogP contribution in [0.15, 0.2) is 0 Å². The highest BCUT2D eigenvalue weighted by Crippen LogP contribution is 2.28. The molecular weight excluding hydrogens is 362 g/mol. The fourth-order valence-electron chi connectivity index (χ4n) is 4.27. The van der Waals surface area contributed by atoms with E-state index in [9.17, 15) is 9.59 Å². The Balaban J connectivity index is 1.87. The molecule has 0 atom stereocenters. The molecule has 1 rings (SSSR count). The lowest BCUT2D eigenvalue weighted by Crippen LogP contribution is -2.33. The van der Waals surface area contributed by atoms with Gasteiger partial charge in [-0.05, 0) is 18.8 Å². The first-order chi connectivity index (χ1) is 14.1. The Morgan fingerprint density at radius 1 is 0.828 bits per heavy atom. The van der Waals surface area contributed by atoms with Gasteiger partial charge in [0, 0.05) is 13.5 Å². The molecule has 29 heavy (non-hydrogen) atoms. The van der Waals surface area contributed by atoms with E-state index in [1.807, 2.05) is 0 Å². The monoisotopic (exact) mass is 409 g/mol. The Bertz CT molecular complexity index is 418. The molecule has 170 valence electrons. The highest BCUT2D eigenvalue weighted by atomic mass is 16.5. The highest BCUT2D eigenvalue weighted by Gasteiger charge is 2.19. The predicted octanol–water partition coefficient (Wildman–Crippen LogP) is 6.66. The van der Waals surface area contributed by atoms with Crippen LogP contribution in [-0.2, 0) is 14.3 Å². The number of rotatable bonds is 18. The summed E-state index contributed by atoms with van der Waals surface area (Å²) < 4.78 is 5.30. The van der Waals surface area contributed by atoms with E-state index in [0.29, 0.717) is 18.9 Å². The second kappa shape index (κ2) is 17.8. The van der Waals surface area contributed by atoms with Gasteiger partial charge in [0.2, 0.25) is 5.91 Å². The third kappa shape index (κ3) is 14.5. The van der Waals surface area contributed by atoms with E-state index in [0.717, 1.165) is 19.3 Å². The fourth-order valence-corrected chi connectivity index (χ4v) is 4.27. The van der Waals surface area contributed by atoms with Crippen molar-refractivity contribution in [3.05, 3.63) is 0 Å². The maximum Gasteiger partial charge on any atom is 0.325 e. The van der Waals surface area contributed by atoms with E-state index in [-0.39, 0.29) is 18.4 Å². The van der Waals surface area contributed by atoms with Gasteiger partial charge in [-0.25, -0.2) is 0 Å². The first-order valence-electron chi connectivity index (χ1n) is 12.5. The molecule has 0 aromatic carbocycles. The molecule has 1 fully saturated rings. The lowest BCUT2D eigenvalue weighted by Gasteiger charge is -2.17. The Morgan fingerprint density at radius 2 is 1.34 bits per heavy atom. The van der Waals surface area contributed by atoms with Crippen LogP contribution in [0.3, 0.4) is 0 Å². The minimum absolute atomic E-state index is 0.0687. The topological polar surface area (TPSA) is 46.6 Å².